The van der Waals surface area contributed by atoms with Crippen molar-refractivity contribution < 1.29 is 14.6 Å². The molecule has 0 radical (unpaired) electrons. The minimum atomic E-state index is -0.933. The molecule has 1 heterocycles. The summed E-state index contributed by atoms with van der Waals surface area (Å²) in [7, 11) is 2.04. The van der Waals surface area contributed by atoms with Gasteiger partial charge >= 0.3 is 5.97 Å². The number of benzene rings is 1. The highest BCUT2D eigenvalue weighted by Gasteiger charge is 2.28. The molecule has 2 atom stereocenters. The molecule has 0 bridgehead atoms. The Morgan fingerprint density at radius 1 is 1.50 bits per heavy atom. The van der Waals surface area contributed by atoms with Crippen LogP contribution in [0.2, 0.25) is 0 Å². The first kappa shape index (κ1) is 14.6. The van der Waals surface area contributed by atoms with Crippen LogP contribution in [-0.4, -0.2) is 36.9 Å². The summed E-state index contributed by atoms with van der Waals surface area (Å²) in [4.78, 5) is 12.9. The SMILES string of the molecule is Cc1ccc(N(C)C2CCOC2C)c(/C=C/C(=O)O)c1. The van der Waals surface area contributed by atoms with E-state index in [1.165, 1.54) is 6.08 Å². The first-order chi connectivity index (χ1) is 9.49. The van der Waals surface area contributed by atoms with E-state index >= 15 is 0 Å². The Morgan fingerprint density at radius 2 is 2.25 bits per heavy atom. The lowest BCUT2D eigenvalue weighted by Gasteiger charge is -2.30. The van der Waals surface area contributed by atoms with Gasteiger partial charge < -0.3 is 14.7 Å². The third-order valence-corrected chi connectivity index (χ3v) is 3.80. The highest BCUT2D eigenvalue weighted by Crippen LogP contribution is 2.28. The van der Waals surface area contributed by atoms with Crippen LogP contribution >= 0.6 is 0 Å². The van der Waals surface area contributed by atoms with Gasteiger partial charge in [0.15, 0.2) is 0 Å². The maximum atomic E-state index is 10.7. The number of aryl methyl sites for hydroxylation is 1. The highest BCUT2D eigenvalue weighted by molar-refractivity contribution is 5.87. The molecule has 0 saturated carbocycles. The number of carboxylic acids is 1. The Balaban J connectivity index is 2.32. The second-order valence-corrected chi connectivity index (χ2v) is 5.28. The van der Waals surface area contributed by atoms with Gasteiger partial charge in [-0.2, -0.15) is 0 Å². The van der Waals surface area contributed by atoms with Gasteiger partial charge in [-0.15, -0.1) is 0 Å². The number of hydrogen-bond donors (Lipinski definition) is 1. The van der Waals surface area contributed by atoms with E-state index in [0.29, 0.717) is 6.04 Å². The van der Waals surface area contributed by atoms with Crippen LogP contribution < -0.4 is 4.90 Å². The van der Waals surface area contributed by atoms with E-state index in [4.69, 9.17) is 9.84 Å². The van der Waals surface area contributed by atoms with Crippen LogP contribution in [0.4, 0.5) is 5.69 Å². The van der Waals surface area contributed by atoms with Crippen molar-refractivity contribution in [2.45, 2.75) is 32.4 Å². The quantitative estimate of drug-likeness (QED) is 0.858. The normalized spacial score (nSPS) is 22.4. The maximum absolute atomic E-state index is 10.7. The van der Waals surface area contributed by atoms with Gasteiger partial charge in [-0.25, -0.2) is 4.79 Å². The molecule has 0 amide bonds. The first-order valence-electron chi connectivity index (χ1n) is 6.85. The fourth-order valence-corrected chi connectivity index (χ4v) is 2.70. The lowest BCUT2D eigenvalue weighted by molar-refractivity contribution is -0.131. The van der Waals surface area contributed by atoms with Gasteiger partial charge in [0.1, 0.15) is 0 Å². The van der Waals surface area contributed by atoms with Gasteiger partial charge in [0.2, 0.25) is 0 Å². The van der Waals surface area contributed by atoms with E-state index in [1.807, 2.05) is 32.2 Å². The van der Waals surface area contributed by atoms with E-state index in [0.717, 1.165) is 29.8 Å². The smallest absolute Gasteiger partial charge is 0.328 e. The van der Waals surface area contributed by atoms with Gasteiger partial charge in [0.25, 0.3) is 0 Å². The third kappa shape index (κ3) is 3.20. The summed E-state index contributed by atoms with van der Waals surface area (Å²) in [6, 6.07) is 6.42. The van der Waals surface area contributed by atoms with Gasteiger partial charge in [0, 0.05) is 25.4 Å². The molecule has 1 saturated heterocycles. The van der Waals surface area contributed by atoms with Crippen LogP contribution in [0.25, 0.3) is 6.08 Å². The predicted octanol–water partition coefficient (Wildman–Crippen LogP) is 2.71. The summed E-state index contributed by atoms with van der Waals surface area (Å²) >= 11 is 0. The molecule has 0 aliphatic carbocycles. The summed E-state index contributed by atoms with van der Waals surface area (Å²) in [5, 5.41) is 8.81. The Morgan fingerprint density at radius 3 is 2.85 bits per heavy atom. The zero-order valence-corrected chi connectivity index (χ0v) is 12.2. The van der Waals surface area contributed by atoms with Crippen molar-refractivity contribution in [3.8, 4) is 0 Å². The fraction of sp³-hybridized carbons (Fsp3) is 0.438. The van der Waals surface area contributed by atoms with Crippen molar-refractivity contribution in [1.82, 2.24) is 0 Å². The molecule has 0 aromatic heterocycles. The molecular weight excluding hydrogens is 254 g/mol. The Labute approximate surface area is 119 Å². The molecule has 20 heavy (non-hydrogen) atoms. The zero-order valence-electron chi connectivity index (χ0n) is 12.2. The molecule has 4 nitrogen and oxygen atoms in total. The largest absolute Gasteiger partial charge is 0.478 e. The number of carbonyl (C=O) groups is 1. The van der Waals surface area contributed by atoms with Crippen molar-refractivity contribution in [2.24, 2.45) is 0 Å². The molecule has 2 rings (SSSR count). The lowest BCUT2D eigenvalue weighted by Crippen LogP contribution is -2.37. The van der Waals surface area contributed by atoms with Crippen LogP contribution in [0.1, 0.15) is 24.5 Å². The molecular formula is C16H21NO3. The Hall–Kier alpha value is -1.81. The average Bonchev–Trinajstić information content (AvgIpc) is 2.82. The van der Waals surface area contributed by atoms with Crippen LogP contribution in [0.5, 0.6) is 0 Å². The number of aliphatic carboxylic acids is 1. The minimum Gasteiger partial charge on any atom is -0.478 e. The van der Waals surface area contributed by atoms with Crippen LogP contribution in [0, 0.1) is 6.92 Å². The number of rotatable bonds is 4. The molecule has 4 heteroatoms. The van der Waals surface area contributed by atoms with E-state index < -0.39 is 5.97 Å². The maximum Gasteiger partial charge on any atom is 0.328 e. The average molecular weight is 275 g/mol. The van der Waals surface area contributed by atoms with Crippen molar-refractivity contribution >= 4 is 17.7 Å². The second kappa shape index (κ2) is 6.09. The number of ether oxygens (including phenoxy) is 1. The van der Waals surface area contributed by atoms with Crippen molar-refractivity contribution in [2.75, 3.05) is 18.6 Å². The predicted molar refractivity (Wildman–Crippen MR) is 80.1 cm³/mol. The number of anilines is 1. The number of nitrogens with zero attached hydrogens (tertiary/aromatic N) is 1. The molecule has 1 aromatic rings. The monoisotopic (exact) mass is 275 g/mol. The zero-order chi connectivity index (χ0) is 14.7. The van der Waals surface area contributed by atoms with Crippen LogP contribution in [-0.2, 0) is 9.53 Å². The fourth-order valence-electron chi connectivity index (χ4n) is 2.70. The summed E-state index contributed by atoms with van der Waals surface area (Å²) < 4.78 is 5.62. The molecule has 1 aliphatic heterocycles. The third-order valence-electron chi connectivity index (χ3n) is 3.80. The van der Waals surface area contributed by atoms with E-state index in [1.54, 1.807) is 6.08 Å². The summed E-state index contributed by atoms with van der Waals surface area (Å²) in [6.45, 7) is 4.86. The van der Waals surface area contributed by atoms with Crippen molar-refractivity contribution in [3.05, 3.63) is 35.4 Å². The second-order valence-electron chi connectivity index (χ2n) is 5.28. The Kier molecular flexibility index (Phi) is 4.45. The molecule has 108 valence electrons. The number of carboxylic acid groups (broad SMARTS) is 1. The molecule has 1 fully saturated rings. The van der Waals surface area contributed by atoms with Crippen molar-refractivity contribution in [3.63, 3.8) is 0 Å². The van der Waals surface area contributed by atoms with Gasteiger partial charge in [-0.1, -0.05) is 11.6 Å². The van der Waals surface area contributed by atoms with Crippen molar-refractivity contribution in [1.29, 1.82) is 0 Å². The minimum absolute atomic E-state index is 0.192. The standard InChI is InChI=1S/C16H21NO3/c1-11-4-6-15(13(10-11)5-7-16(18)19)17(3)14-8-9-20-12(14)2/h4-7,10,12,14H,8-9H2,1-3H3,(H,18,19)/b7-5+. The first-order valence-corrected chi connectivity index (χ1v) is 6.85. The molecule has 1 N–H and O–H groups in total. The lowest BCUT2D eigenvalue weighted by atomic mass is 10.0. The molecule has 2 unspecified atom stereocenters. The Bertz CT molecular complexity index is 524. The number of hydrogen-bond acceptors (Lipinski definition) is 3. The van der Waals surface area contributed by atoms with Gasteiger partial charge in [0.05, 0.1) is 12.1 Å². The molecule has 1 aromatic carbocycles. The van der Waals surface area contributed by atoms with E-state index in [2.05, 4.69) is 11.8 Å². The number of likely N-dealkylation sites (N-methyl/N-ethyl adjacent to an activating group) is 1. The van der Waals surface area contributed by atoms with Crippen LogP contribution in [0.3, 0.4) is 0 Å². The summed E-state index contributed by atoms with van der Waals surface area (Å²) in [5.74, 6) is -0.933. The highest BCUT2D eigenvalue weighted by atomic mass is 16.5. The molecule has 1 aliphatic rings. The molecule has 0 spiro atoms. The summed E-state index contributed by atoms with van der Waals surface area (Å²) in [5.41, 5.74) is 3.08. The van der Waals surface area contributed by atoms with Gasteiger partial charge in [-0.05, 0) is 44.0 Å². The van der Waals surface area contributed by atoms with E-state index in [9.17, 15) is 4.79 Å². The summed E-state index contributed by atoms with van der Waals surface area (Å²) in [6.07, 6.45) is 4.02. The van der Waals surface area contributed by atoms with Crippen LogP contribution in [0.15, 0.2) is 24.3 Å². The topological polar surface area (TPSA) is 49.8 Å². The van der Waals surface area contributed by atoms with E-state index in [-0.39, 0.29) is 6.10 Å². The van der Waals surface area contributed by atoms with Gasteiger partial charge in [-0.3, -0.25) is 0 Å².